The van der Waals surface area contributed by atoms with Crippen molar-refractivity contribution >= 4 is 10.0 Å². The molecule has 0 bridgehead atoms. The summed E-state index contributed by atoms with van der Waals surface area (Å²) in [6.45, 7) is 2.80. The van der Waals surface area contributed by atoms with Crippen LogP contribution in [-0.2, 0) is 15.8 Å². The third-order valence-electron chi connectivity index (χ3n) is 3.81. The highest BCUT2D eigenvalue weighted by atomic mass is 32.2. The van der Waals surface area contributed by atoms with Crippen LogP contribution in [-0.4, -0.2) is 42.1 Å². The van der Waals surface area contributed by atoms with Crippen molar-refractivity contribution in [3.63, 3.8) is 0 Å². The van der Waals surface area contributed by atoms with E-state index >= 15 is 0 Å². The molecular weight excluding hydrogens is 314 g/mol. The fourth-order valence-corrected chi connectivity index (χ4v) is 4.13. The highest BCUT2D eigenvalue weighted by molar-refractivity contribution is 7.88. The van der Waals surface area contributed by atoms with E-state index in [9.17, 15) is 8.42 Å². The number of aromatic nitrogens is 2. The Morgan fingerprint density at radius 3 is 2.74 bits per heavy atom. The number of benzene rings is 1. The third kappa shape index (κ3) is 4.05. The molecule has 1 saturated heterocycles. The molecule has 0 spiro atoms. The van der Waals surface area contributed by atoms with E-state index in [0.29, 0.717) is 25.4 Å². The zero-order chi connectivity index (χ0) is 16.3. The first-order valence-electron chi connectivity index (χ1n) is 7.51. The molecule has 1 aliphatic heterocycles. The van der Waals surface area contributed by atoms with Gasteiger partial charge in [-0.2, -0.15) is 9.40 Å². The molecule has 1 fully saturated rings. The van der Waals surface area contributed by atoms with Crippen molar-refractivity contribution in [2.45, 2.75) is 25.2 Å². The smallest absolute Gasteiger partial charge is 0.233 e. The summed E-state index contributed by atoms with van der Waals surface area (Å²) in [6, 6.07) is 11.0. The third-order valence-corrected chi connectivity index (χ3v) is 5.62. The Balaban J connectivity index is 1.62. The topological polar surface area (TPSA) is 72.4 Å². The van der Waals surface area contributed by atoms with Gasteiger partial charge in [-0.15, -0.1) is 5.10 Å². The molecule has 2 heterocycles. The van der Waals surface area contributed by atoms with Crippen LogP contribution in [0.15, 0.2) is 42.6 Å². The largest absolute Gasteiger partial charge is 0.472 e. The van der Waals surface area contributed by atoms with E-state index in [1.54, 1.807) is 18.3 Å². The summed E-state index contributed by atoms with van der Waals surface area (Å²) in [4.78, 5) is 0. The molecule has 122 valence electrons. The maximum Gasteiger partial charge on any atom is 0.233 e. The second-order valence-corrected chi connectivity index (χ2v) is 7.66. The van der Waals surface area contributed by atoms with Gasteiger partial charge >= 0.3 is 0 Å². The molecule has 23 heavy (non-hydrogen) atoms. The molecule has 3 rings (SSSR count). The summed E-state index contributed by atoms with van der Waals surface area (Å²) in [6.07, 6.45) is 2.04. The van der Waals surface area contributed by atoms with Crippen molar-refractivity contribution in [3.8, 4) is 5.88 Å². The van der Waals surface area contributed by atoms with E-state index in [1.165, 1.54) is 4.31 Å². The summed E-state index contributed by atoms with van der Waals surface area (Å²) >= 11 is 0. The van der Waals surface area contributed by atoms with Crippen LogP contribution in [0.5, 0.6) is 5.88 Å². The molecule has 1 atom stereocenters. The standard InChI is InChI=1S/C16H19N3O3S/c1-13-4-6-14(7-5-13)12-23(20,21)19-10-8-15(11-19)22-16-3-2-9-17-18-16/h2-7,9,15H,8,10-12H2,1H3. The first-order valence-corrected chi connectivity index (χ1v) is 9.11. The summed E-state index contributed by atoms with van der Waals surface area (Å²) in [7, 11) is -3.33. The summed E-state index contributed by atoms with van der Waals surface area (Å²) in [5, 5.41) is 7.62. The molecule has 2 aromatic rings. The molecule has 0 saturated carbocycles. The lowest BCUT2D eigenvalue weighted by Gasteiger charge is -2.17. The van der Waals surface area contributed by atoms with Gasteiger partial charge in [0.1, 0.15) is 6.10 Å². The first kappa shape index (κ1) is 15.9. The zero-order valence-electron chi connectivity index (χ0n) is 12.9. The van der Waals surface area contributed by atoms with Gasteiger partial charge in [-0.05, 0) is 25.0 Å². The fourth-order valence-electron chi connectivity index (χ4n) is 2.55. The van der Waals surface area contributed by atoms with Crippen LogP contribution in [0.3, 0.4) is 0 Å². The summed E-state index contributed by atoms with van der Waals surface area (Å²) < 4.78 is 32.2. The molecule has 1 aromatic carbocycles. The molecule has 7 heteroatoms. The van der Waals surface area contributed by atoms with Crippen molar-refractivity contribution in [1.82, 2.24) is 14.5 Å². The van der Waals surface area contributed by atoms with Crippen molar-refractivity contribution in [2.75, 3.05) is 13.1 Å². The molecule has 0 aliphatic carbocycles. The second-order valence-electron chi connectivity index (χ2n) is 5.69. The van der Waals surface area contributed by atoms with Crippen molar-refractivity contribution in [3.05, 3.63) is 53.7 Å². The number of ether oxygens (including phenoxy) is 1. The minimum absolute atomic E-state index is 0.0190. The normalized spacial score (nSPS) is 18.9. The van der Waals surface area contributed by atoms with Crippen LogP contribution in [0.4, 0.5) is 0 Å². The predicted octanol–water partition coefficient (Wildman–Crippen LogP) is 1.77. The van der Waals surface area contributed by atoms with E-state index in [-0.39, 0.29) is 11.9 Å². The van der Waals surface area contributed by atoms with Gasteiger partial charge in [-0.3, -0.25) is 0 Å². The molecule has 0 N–H and O–H groups in total. The number of rotatable bonds is 5. The SMILES string of the molecule is Cc1ccc(CS(=O)(=O)N2CCC(Oc3cccnn3)C2)cc1. The highest BCUT2D eigenvalue weighted by Gasteiger charge is 2.32. The van der Waals surface area contributed by atoms with Gasteiger partial charge in [-0.25, -0.2) is 8.42 Å². The Morgan fingerprint density at radius 2 is 2.04 bits per heavy atom. The lowest BCUT2D eigenvalue weighted by Crippen LogP contribution is -2.32. The van der Waals surface area contributed by atoms with Crippen LogP contribution >= 0.6 is 0 Å². The van der Waals surface area contributed by atoms with Crippen LogP contribution in [0.1, 0.15) is 17.5 Å². The fraction of sp³-hybridized carbons (Fsp3) is 0.375. The number of aryl methyl sites for hydroxylation is 1. The van der Waals surface area contributed by atoms with Gasteiger partial charge in [0, 0.05) is 18.8 Å². The van der Waals surface area contributed by atoms with E-state index in [2.05, 4.69) is 10.2 Å². The maximum atomic E-state index is 12.5. The van der Waals surface area contributed by atoms with Gasteiger partial charge in [0.15, 0.2) is 0 Å². The van der Waals surface area contributed by atoms with Crippen molar-refractivity contribution < 1.29 is 13.2 Å². The number of sulfonamides is 1. The van der Waals surface area contributed by atoms with Crippen LogP contribution in [0, 0.1) is 6.92 Å². The van der Waals surface area contributed by atoms with E-state index < -0.39 is 10.0 Å². The quantitative estimate of drug-likeness (QED) is 0.834. The van der Waals surface area contributed by atoms with Gasteiger partial charge in [0.2, 0.25) is 15.9 Å². The molecule has 6 nitrogen and oxygen atoms in total. The van der Waals surface area contributed by atoms with E-state index in [0.717, 1.165) is 11.1 Å². The molecule has 0 amide bonds. The average Bonchev–Trinajstić information content (AvgIpc) is 3.00. The van der Waals surface area contributed by atoms with Gasteiger partial charge in [0.05, 0.1) is 12.3 Å². The minimum Gasteiger partial charge on any atom is -0.472 e. The lowest BCUT2D eigenvalue weighted by molar-refractivity contribution is 0.204. The minimum atomic E-state index is -3.33. The highest BCUT2D eigenvalue weighted by Crippen LogP contribution is 2.21. The Morgan fingerprint density at radius 1 is 1.26 bits per heavy atom. The van der Waals surface area contributed by atoms with Crippen LogP contribution in [0.25, 0.3) is 0 Å². The number of hydrogen-bond acceptors (Lipinski definition) is 5. The Kier molecular flexibility index (Phi) is 4.58. The van der Waals surface area contributed by atoms with E-state index in [1.807, 2.05) is 31.2 Å². The van der Waals surface area contributed by atoms with E-state index in [4.69, 9.17) is 4.74 Å². The van der Waals surface area contributed by atoms with Crippen LogP contribution < -0.4 is 4.74 Å². The number of nitrogens with zero attached hydrogens (tertiary/aromatic N) is 3. The van der Waals surface area contributed by atoms with Gasteiger partial charge in [-0.1, -0.05) is 29.8 Å². The monoisotopic (exact) mass is 333 g/mol. The van der Waals surface area contributed by atoms with Gasteiger partial charge < -0.3 is 4.74 Å². The maximum absolute atomic E-state index is 12.5. The zero-order valence-corrected chi connectivity index (χ0v) is 13.7. The van der Waals surface area contributed by atoms with Crippen molar-refractivity contribution in [2.24, 2.45) is 0 Å². The molecule has 0 radical (unpaired) electrons. The number of hydrogen-bond donors (Lipinski definition) is 0. The summed E-state index contributed by atoms with van der Waals surface area (Å²) in [5.41, 5.74) is 1.92. The van der Waals surface area contributed by atoms with Crippen LogP contribution in [0.2, 0.25) is 0 Å². The molecule has 1 aliphatic rings. The van der Waals surface area contributed by atoms with Crippen molar-refractivity contribution in [1.29, 1.82) is 0 Å². The molecular formula is C16H19N3O3S. The Labute approximate surface area is 136 Å². The Bertz CT molecular complexity index is 748. The molecule has 1 aromatic heterocycles. The first-order chi connectivity index (χ1) is 11.0. The molecule has 1 unspecified atom stereocenters. The Hall–Kier alpha value is -1.99. The summed E-state index contributed by atoms with van der Waals surface area (Å²) in [5.74, 6) is 0.445. The lowest BCUT2D eigenvalue weighted by atomic mass is 10.2. The average molecular weight is 333 g/mol. The predicted molar refractivity (Wildman–Crippen MR) is 86.4 cm³/mol. The second kappa shape index (κ2) is 6.64. The van der Waals surface area contributed by atoms with Gasteiger partial charge in [0.25, 0.3) is 0 Å².